The number of terminal acetylenes is 1. The highest BCUT2D eigenvalue weighted by molar-refractivity contribution is 5.80. The molecule has 1 heterocycles. The van der Waals surface area contributed by atoms with Gasteiger partial charge in [-0.3, -0.25) is 9.78 Å². The zero-order valence-corrected chi connectivity index (χ0v) is 7.36. The average molecular weight is 173 g/mol. The van der Waals surface area contributed by atoms with Gasteiger partial charge in [0, 0.05) is 31.2 Å². The van der Waals surface area contributed by atoms with Crippen LogP contribution >= 0.6 is 0 Å². The van der Waals surface area contributed by atoms with Crippen molar-refractivity contribution in [3.8, 4) is 12.3 Å². The summed E-state index contributed by atoms with van der Waals surface area (Å²) in [5.74, 6) is 2.59. The molecule has 2 heteroatoms. The van der Waals surface area contributed by atoms with Gasteiger partial charge in [-0.05, 0) is 12.1 Å². The van der Waals surface area contributed by atoms with Crippen LogP contribution in [-0.2, 0) is 11.2 Å². The molecule has 0 fully saturated rings. The van der Waals surface area contributed by atoms with Crippen molar-refractivity contribution in [2.75, 3.05) is 0 Å². The van der Waals surface area contributed by atoms with Gasteiger partial charge in [0.25, 0.3) is 0 Å². The Morgan fingerprint density at radius 1 is 1.54 bits per heavy atom. The van der Waals surface area contributed by atoms with Gasteiger partial charge in [0.15, 0.2) is 0 Å². The number of pyridine rings is 1. The summed E-state index contributed by atoms with van der Waals surface area (Å²) >= 11 is 0. The molecule has 0 aromatic carbocycles. The standard InChI is InChI=1S/C11H11NO/c1-2-3-7-11(13)9-10-6-4-5-8-12-10/h1,4-6,8H,3,7,9H2. The monoisotopic (exact) mass is 173 g/mol. The van der Waals surface area contributed by atoms with Crippen LogP contribution in [0.1, 0.15) is 18.5 Å². The third kappa shape index (κ3) is 3.53. The fourth-order valence-corrected chi connectivity index (χ4v) is 1.00. The van der Waals surface area contributed by atoms with Crippen molar-refractivity contribution in [2.45, 2.75) is 19.3 Å². The number of carbonyl (C=O) groups is 1. The molecule has 0 unspecified atom stereocenters. The molecule has 1 aromatic heterocycles. The van der Waals surface area contributed by atoms with E-state index < -0.39 is 0 Å². The van der Waals surface area contributed by atoms with Gasteiger partial charge >= 0.3 is 0 Å². The topological polar surface area (TPSA) is 30.0 Å². The van der Waals surface area contributed by atoms with E-state index in [0.29, 0.717) is 19.3 Å². The summed E-state index contributed by atoms with van der Waals surface area (Å²) in [6.45, 7) is 0. The lowest BCUT2D eigenvalue weighted by Gasteiger charge is -1.97. The number of nitrogens with zero attached hydrogens (tertiary/aromatic N) is 1. The zero-order chi connectivity index (χ0) is 9.52. The minimum Gasteiger partial charge on any atom is -0.299 e. The van der Waals surface area contributed by atoms with Crippen molar-refractivity contribution in [3.63, 3.8) is 0 Å². The maximum atomic E-state index is 11.2. The molecule has 0 atom stereocenters. The number of Topliss-reactive ketones (excluding diaryl/α,β-unsaturated/α-hetero) is 1. The molecule has 0 amide bonds. The van der Waals surface area contributed by atoms with E-state index in [0.717, 1.165) is 5.69 Å². The summed E-state index contributed by atoms with van der Waals surface area (Å²) in [4.78, 5) is 15.3. The van der Waals surface area contributed by atoms with Crippen molar-refractivity contribution in [1.82, 2.24) is 4.98 Å². The van der Waals surface area contributed by atoms with Crippen LogP contribution in [-0.4, -0.2) is 10.8 Å². The molecule has 66 valence electrons. The van der Waals surface area contributed by atoms with Gasteiger partial charge in [-0.1, -0.05) is 6.07 Å². The molecule has 0 aliphatic carbocycles. The molecule has 0 saturated heterocycles. The van der Waals surface area contributed by atoms with Gasteiger partial charge in [0.05, 0.1) is 0 Å². The molecule has 0 spiro atoms. The van der Waals surface area contributed by atoms with Gasteiger partial charge in [-0.25, -0.2) is 0 Å². The summed E-state index contributed by atoms with van der Waals surface area (Å²) in [5.41, 5.74) is 0.810. The van der Waals surface area contributed by atoms with Crippen LogP contribution in [0.2, 0.25) is 0 Å². The second-order valence-electron chi connectivity index (χ2n) is 2.74. The van der Waals surface area contributed by atoms with E-state index >= 15 is 0 Å². The summed E-state index contributed by atoms with van der Waals surface area (Å²) in [7, 11) is 0. The number of hydrogen-bond donors (Lipinski definition) is 0. The maximum absolute atomic E-state index is 11.2. The second-order valence-corrected chi connectivity index (χ2v) is 2.74. The first kappa shape index (κ1) is 9.47. The number of carbonyl (C=O) groups excluding carboxylic acids is 1. The highest BCUT2D eigenvalue weighted by Gasteiger charge is 2.02. The van der Waals surface area contributed by atoms with Gasteiger partial charge in [0.2, 0.25) is 0 Å². The lowest BCUT2D eigenvalue weighted by atomic mass is 10.1. The number of hydrogen-bond acceptors (Lipinski definition) is 2. The largest absolute Gasteiger partial charge is 0.299 e. The van der Waals surface area contributed by atoms with Crippen LogP contribution in [0.4, 0.5) is 0 Å². The number of aromatic nitrogens is 1. The SMILES string of the molecule is C#CCCC(=O)Cc1ccccn1. The molecular weight excluding hydrogens is 162 g/mol. The van der Waals surface area contributed by atoms with E-state index in [2.05, 4.69) is 10.9 Å². The van der Waals surface area contributed by atoms with Crippen molar-refractivity contribution in [3.05, 3.63) is 30.1 Å². The predicted octanol–water partition coefficient (Wildman–Crippen LogP) is 1.61. The normalized spacial score (nSPS) is 9.15. The molecule has 1 aromatic rings. The van der Waals surface area contributed by atoms with E-state index in [1.807, 2.05) is 18.2 Å². The number of ketones is 1. The van der Waals surface area contributed by atoms with Gasteiger partial charge in [0.1, 0.15) is 5.78 Å². The lowest BCUT2D eigenvalue weighted by Crippen LogP contribution is -2.03. The van der Waals surface area contributed by atoms with Crippen LogP contribution in [0, 0.1) is 12.3 Å². The molecule has 0 aliphatic rings. The lowest BCUT2D eigenvalue weighted by molar-refractivity contribution is -0.118. The fourth-order valence-electron chi connectivity index (χ4n) is 1.00. The Hall–Kier alpha value is -1.62. The maximum Gasteiger partial charge on any atom is 0.139 e. The number of rotatable bonds is 4. The van der Waals surface area contributed by atoms with Crippen molar-refractivity contribution >= 4 is 5.78 Å². The van der Waals surface area contributed by atoms with Crippen LogP contribution < -0.4 is 0 Å². The van der Waals surface area contributed by atoms with Crippen LogP contribution in [0.3, 0.4) is 0 Å². The third-order valence-corrected chi connectivity index (χ3v) is 1.65. The molecule has 0 radical (unpaired) electrons. The summed E-state index contributed by atoms with van der Waals surface area (Å²) in [6, 6.07) is 5.54. The summed E-state index contributed by atoms with van der Waals surface area (Å²) in [6.07, 6.45) is 8.10. The molecule has 0 aliphatic heterocycles. The Bertz CT molecular complexity index is 311. The Balaban J connectivity index is 2.42. The molecule has 13 heavy (non-hydrogen) atoms. The van der Waals surface area contributed by atoms with Crippen molar-refractivity contribution in [1.29, 1.82) is 0 Å². The van der Waals surface area contributed by atoms with Crippen molar-refractivity contribution < 1.29 is 4.79 Å². The Kier molecular flexibility index (Phi) is 3.72. The van der Waals surface area contributed by atoms with Gasteiger partial charge in [-0.2, -0.15) is 0 Å². The Labute approximate surface area is 78.0 Å². The molecule has 0 bridgehead atoms. The third-order valence-electron chi connectivity index (χ3n) is 1.65. The minimum absolute atomic E-state index is 0.150. The smallest absolute Gasteiger partial charge is 0.139 e. The fraction of sp³-hybridized carbons (Fsp3) is 0.273. The van der Waals surface area contributed by atoms with Crippen LogP contribution in [0.15, 0.2) is 24.4 Å². The van der Waals surface area contributed by atoms with E-state index in [4.69, 9.17) is 6.42 Å². The van der Waals surface area contributed by atoms with Gasteiger partial charge < -0.3 is 0 Å². The molecule has 1 rings (SSSR count). The molecule has 2 nitrogen and oxygen atoms in total. The average Bonchev–Trinajstić information content (AvgIpc) is 2.16. The molecule has 0 saturated carbocycles. The Morgan fingerprint density at radius 2 is 2.38 bits per heavy atom. The van der Waals surface area contributed by atoms with E-state index in [-0.39, 0.29) is 5.78 Å². The van der Waals surface area contributed by atoms with Crippen LogP contribution in [0.25, 0.3) is 0 Å². The van der Waals surface area contributed by atoms with Crippen molar-refractivity contribution in [2.24, 2.45) is 0 Å². The first-order chi connectivity index (χ1) is 6.33. The first-order valence-corrected chi connectivity index (χ1v) is 4.18. The highest BCUT2D eigenvalue weighted by atomic mass is 16.1. The molecule has 0 N–H and O–H groups in total. The van der Waals surface area contributed by atoms with Crippen LogP contribution in [0.5, 0.6) is 0 Å². The minimum atomic E-state index is 0.150. The van der Waals surface area contributed by atoms with E-state index in [9.17, 15) is 4.79 Å². The highest BCUT2D eigenvalue weighted by Crippen LogP contribution is 1.99. The summed E-state index contributed by atoms with van der Waals surface area (Å²) < 4.78 is 0. The second kappa shape index (κ2) is 5.10. The Morgan fingerprint density at radius 3 is 3.00 bits per heavy atom. The molecular formula is C11H11NO. The van der Waals surface area contributed by atoms with E-state index in [1.54, 1.807) is 6.20 Å². The van der Waals surface area contributed by atoms with E-state index in [1.165, 1.54) is 0 Å². The van der Waals surface area contributed by atoms with Gasteiger partial charge in [-0.15, -0.1) is 12.3 Å². The predicted molar refractivity (Wildman–Crippen MR) is 51.0 cm³/mol. The summed E-state index contributed by atoms with van der Waals surface area (Å²) in [5, 5.41) is 0. The first-order valence-electron chi connectivity index (χ1n) is 4.18. The quantitative estimate of drug-likeness (QED) is 0.647. The zero-order valence-electron chi connectivity index (χ0n) is 7.36.